The van der Waals surface area contributed by atoms with Gasteiger partial charge < -0.3 is 21.3 Å². The first-order valence-electron chi connectivity index (χ1n) is 12.2. The summed E-state index contributed by atoms with van der Waals surface area (Å²) in [5, 5.41) is 20.4. The number of nitrogens with zero attached hydrogens (tertiary/aromatic N) is 4. The van der Waals surface area contributed by atoms with Crippen LogP contribution in [0.15, 0.2) is 73.3 Å². The van der Waals surface area contributed by atoms with Crippen molar-refractivity contribution in [2.24, 2.45) is 5.73 Å². The van der Waals surface area contributed by atoms with Crippen LogP contribution in [0.5, 0.6) is 0 Å². The van der Waals surface area contributed by atoms with Gasteiger partial charge in [-0.3, -0.25) is 0 Å². The van der Waals surface area contributed by atoms with Gasteiger partial charge in [-0.05, 0) is 59.5 Å². The number of aromatic carboxylic acids is 2. The van der Waals surface area contributed by atoms with Crippen LogP contribution in [0.3, 0.4) is 0 Å². The molecule has 10 nitrogen and oxygen atoms in total. The van der Waals surface area contributed by atoms with E-state index in [0.29, 0.717) is 12.0 Å². The normalized spacial score (nSPS) is 13.3. The number of halogens is 2. The van der Waals surface area contributed by atoms with Crippen LogP contribution in [-0.4, -0.2) is 54.2 Å². The third-order valence-corrected chi connectivity index (χ3v) is 6.43. The van der Waals surface area contributed by atoms with Crippen LogP contribution < -0.4 is 11.1 Å². The molecule has 5 N–H and O–H groups in total. The molecule has 0 fully saturated rings. The minimum atomic E-state index is -1.06. The standard InChI is InChI=1S/C14H13N3O2.C9H11N.C5H3ClN2O2.ClH/c18-13(19)11-7-15-14(16-8-11)17-12-5-9-3-1-2-4-10(9)6-12;10-9-5-7-3-1-2-4-8(7)6-9;6-5-7-1-3(2-8-5)4(9)10;/h1-4,7-8,12H,5-6H2,(H,18,19)(H,15,16,17);1-4,9H,5-6,10H2;1-2H,(H,9,10);1H. The molecule has 0 bridgehead atoms. The summed E-state index contributed by atoms with van der Waals surface area (Å²) in [6.45, 7) is 0. The molecular weight excluding hydrogens is 555 g/mol. The molecule has 2 heterocycles. The van der Waals surface area contributed by atoms with Crippen LogP contribution in [0, 0.1) is 0 Å². The summed E-state index contributed by atoms with van der Waals surface area (Å²) in [4.78, 5) is 35.9. The maximum absolute atomic E-state index is 10.7. The summed E-state index contributed by atoms with van der Waals surface area (Å²) < 4.78 is 0. The van der Waals surface area contributed by atoms with E-state index in [1.54, 1.807) is 0 Å². The average molecular weight is 583 g/mol. The lowest BCUT2D eigenvalue weighted by atomic mass is 10.1. The summed E-state index contributed by atoms with van der Waals surface area (Å²) in [6.07, 6.45) is 8.96. The molecule has 0 amide bonds. The van der Waals surface area contributed by atoms with E-state index in [-0.39, 0.29) is 34.9 Å². The number of carboxylic acid groups (broad SMARTS) is 2. The quantitative estimate of drug-likeness (QED) is 0.257. The summed E-state index contributed by atoms with van der Waals surface area (Å²) in [5.74, 6) is -1.60. The Labute approximate surface area is 242 Å². The van der Waals surface area contributed by atoms with Gasteiger partial charge in [0.05, 0.1) is 11.1 Å². The zero-order chi connectivity index (χ0) is 27.8. The first kappa shape index (κ1) is 30.4. The molecule has 2 aromatic heterocycles. The number of aromatic nitrogens is 4. The fraction of sp³-hybridized carbons (Fsp3) is 0.214. The Morgan fingerprint density at radius 3 is 1.50 bits per heavy atom. The molecule has 0 saturated heterocycles. The highest BCUT2D eigenvalue weighted by Crippen LogP contribution is 2.23. The Bertz CT molecular complexity index is 1390. The Balaban J connectivity index is 0.000000178. The highest BCUT2D eigenvalue weighted by Gasteiger charge is 2.21. The van der Waals surface area contributed by atoms with Crippen LogP contribution in [0.2, 0.25) is 5.28 Å². The van der Waals surface area contributed by atoms with Gasteiger partial charge in [0, 0.05) is 36.9 Å². The van der Waals surface area contributed by atoms with Crippen LogP contribution >= 0.6 is 24.0 Å². The predicted octanol–water partition coefficient (Wildman–Crippen LogP) is 4.12. The molecule has 0 saturated carbocycles. The number of nitrogens with one attached hydrogen (secondary N) is 1. The largest absolute Gasteiger partial charge is 0.478 e. The van der Waals surface area contributed by atoms with Crippen molar-refractivity contribution in [3.63, 3.8) is 0 Å². The number of nitrogens with two attached hydrogens (primary N) is 1. The van der Waals surface area contributed by atoms with Crippen molar-refractivity contribution in [2.45, 2.75) is 37.8 Å². The number of carboxylic acids is 2. The molecule has 0 spiro atoms. The molecule has 0 unspecified atom stereocenters. The van der Waals surface area contributed by atoms with E-state index in [0.717, 1.165) is 38.1 Å². The van der Waals surface area contributed by atoms with Gasteiger partial charge in [0.25, 0.3) is 0 Å². The first-order chi connectivity index (χ1) is 18.8. The smallest absolute Gasteiger partial charge is 0.338 e. The van der Waals surface area contributed by atoms with Crippen LogP contribution in [0.4, 0.5) is 5.95 Å². The van der Waals surface area contributed by atoms with Crippen molar-refractivity contribution in [3.05, 3.63) is 112 Å². The lowest BCUT2D eigenvalue weighted by molar-refractivity contribution is 0.0685. The molecule has 4 aromatic rings. The third kappa shape index (κ3) is 8.44. The van der Waals surface area contributed by atoms with E-state index in [1.807, 2.05) is 12.1 Å². The van der Waals surface area contributed by atoms with Gasteiger partial charge in [0.2, 0.25) is 11.2 Å². The minimum Gasteiger partial charge on any atom is -0.478 e. The first-order valence-corrected chi connectivity index (χ1v) is 12.6. The minimum absolute atomic E-state index is 0. The van der Waals surface area contributed by atoms with E-state index in [1.165, 1.54) is 34.6 Å². The molecule has 0 aliphatic heterocycles. The van der Waals surface area contributed by atoms with E-state index in [4.69, 9.17) is 27.5 Å². The van der Waals surface area contributed by atoms with Crippen molar-refractivity contribution in [3.8, 4) is 0 Å². The third-order valence-electron chi connectivity index (χ3n) is 6.23. The molecule has 40 heavy (non-hydrogen) atoms. The Kier molecular flexibility index (Phi) is 10.9. The monoisotopic (exact) mass is 582 g/mol. The van der Waals surface area contributed by atoms with Crippen LogP contribution in [0.25, 0.3) is 0 Å². The maximum atomic E-state index is 10.7. The van der Waals surface area contributed by atoms with E-state index >= 15 is 0 Å². The predicted molar refractivity (Wildman–Crippen MR) is 153 cm³/mol. The summed E-state index contributed by atoms with van der Waals surface area (Å²) in [6, 6.07) is 17.5. The molecule has 12 heteroatoms. The van der Waals surface area contributed by atoms with E-state index < -0.39 is 11.9 Å². The second kappa shape index (κ2) is 14.3. The number of carbonyl (C=O) groups is 2. The van der Waals surface area contributed by atoms with Gasteiger partial charge >= 0.3 is 11.9 Å². The molecule has 2 aliphatic carbocycles. The fourth-order valence-electron chi connectivity index (χ4n) is 4.37. The van der Waals surface area contributed by atoms with Gasteiger partial charge in [-0.2, -0.15) is 0 Å². The molecule has 2 aromatic carbocycles. The molecule has 0 atom stereocenters. The summed E-state index contributed by atoms with van der Waals surface area (Å²) >= 11 is 5.30. The molecule has 2 aliphatic rings. The van der Waals surface area contributed by atoms with Crippen molar-refractivity contribution in [1.29, 1.82) is 0 Å². The fourth-order valence-corrected chi connectivity index (χ4v) is 4.47. The lowest BCUT2D eigenvalue weighted by Gasteiger charge is -2.11. The number of benzene rings is 2. The number of fused-ring (bicyclic) bond motifs is 2. The topological polar surface area (TPSA) is 164 Å². The Hall–Kier alpha value is -4.12. The van der Waals surface area contributed by atoms with Crippen LogP contribution in [0.1, 0.15) is 43.0 Å². The SMILES string of the molecule is Cl.NC1Cc2ccccc2C1.O=C(O)c1cnc(Cl)nc1.O=C(O)c1cnc(NC2Cc3ccccc3C2)nc1. The molecule has 6 rings (SSSR count). The number of rotatable bonds is 4. The number of hydrogen-bond acceptors (Lipinski definition) is 8. The highest BCUT2D eigenvalue weighted by atomic mass is 35.5. The van der Waals surface area contributed by atoms with Crippen molar-refractivity contribution < 1.29 is 19.8 Å². The second-order valence-electron chi connectivity index (χ2n) is 9.10. The zero-order valence-electron chi connectivity index (χ0n) is 21.3. The Morgan fingerprint density at radius 2 is 1.10 bits per heavy atom. The summed E-state index contributed by atoms with van der Waals surface area (Å²) in [5.41, 5.74) is 11.5. The number of anilines is 1. The highest BCUT2D eigenvalue weighted by molar-refractivity contribution is 6.28. The van der Waals surface area contributed by atoms with Crippen LogP contribution in [-0.2, 0) is 25.7 Å². The van der Waals surface area contributed by atoms with E-state index in [2.05, 4.69) is 61.7 Å². The second-order valence-corrected chi connectivity index (χ2v) is 9.44. The van der Waals surface area contributed by atoms with Gasteiger partial charge in [-0.1, -0.05) is 48.5 Å². The summed E-state index contributed by atoms with van der Waals surface area (Å²) in [7, 11) is 0. The lowest BCUT2D eigenvalue weighted by Crippen LogP contribution is -2.21. The number of hydrogen-bond donors (Lipinski definition) is 4. The van der Waals surface area contributed by atoms with Crippen molar-refractivity contribution in [2.75, 3.05) is 5.32 Å². The van der Waals surface area contributed by atoms with Gasteiger partial charge in [-0.25, -0.2) is 29.5 Å². The Morgan fingerprint density at radius 1 is 0.725 bits per heavy atom. The van der Waals surface area contributed by atoms with Gasteiger partial charge in [0.15, 0.2) is 0 Å². The van der Waals surface area contributed by atoms with Gasteiger partial charge in [-0.15, -0.1) is 12.4 Å². The maximum Gasteiger partial charge on any atom is 0.338 e. The molecule has 208 valence electrons. The van der Waals surface area contributed by atoms with Crippen molar-refractivity contribution in [1.82, 2.24) is 19.9 Å². The zero-order valence-corrected chi connectivity index (χ0v) is 22.8. The van der Waals surface area contributed by atoms with E-state index in [9.17, 15) is 9.59 Å². The van der Waals surface area contributed by atoms with Crippen molar-refractivity contribution >= 4 is 41.9 Å². The van der Waals surface area contributed by atoms with Gasteiger partial charge in [0.1, 0.15) is 0 Å². The molecular formula is C28H28Cl2N6O4. The average Bonchev–Trinajstić information content (AvgIpc) is 3.51. The molecule has 0 radical (unpaired) electrons.